The normalized spacial score (nSPS) is 9.56. The predicted molar refractivity (Wildman–Crippen MR) is 64.9 cm³/mol. The van der Waals surface area contributed by atoms with Crippen molar-refractivity contribution >= 4 is 18.1 Å². The van der Waals surface area contributed by atoms with Gasteiger partial charge < -0.3 is 5.32 Å². The standard InChI is InChI=1S/C10H16N6O2/c17-8-11-5-3-1-2-4-6-12-10(18)15-9-13-7-14-16-9/h7H,1-6H2,(H3,12,13,14,15,16,18). The molecule has 0 spiro atoms. The van der Waals surface area contributed by atoms with Crippen LogP contribution in [0.5, 0.6) is 0 Å². The van der Waals surface area contributed by atoms with Crippen molar-refractivity contribution in [1.29, 1.82) is 0 Å². The second-order valence-electron chi connectivity index (χ2n) is 3.60. The highest BCUT2D eigenvalue weighted by molar-refractivity contribution is 5.87. The summed E-state index contributed by atoms with van der Waals surface area (Å²) < 4.78 is 0. The first-order chi connectivity index (χ1) is 8.83. The zero-order valence-electron chi connectivity index (χ0n) is 9.98. The molecule has 0 unspecified atom stereocenters. The van der Waals surface area contributed by atoms with Gasteiger partial charge in [0.1, 0.15) is 6.33 Å². The molecule has 0 aliphatic carbocycles. The number of aliphatic imine (C=N–C) groups is 1. The first-order valence-corrected chi connectivity index (χ1v) is 5.77. The van der Waals surface area contributed by atoms with Crippen molar-refractivity contribution in [2.45, 2.75) is 25.7 Å². The molecule has 98 valence electrons. The topological polar surface area (TPSA) is 112 Å². The van der Waals surface area contributed by atoms with Crippen molar-refractivity contribution in [3.05, 3.63) is 6.33 Å². The Morgan fingerprint density at radius 2 is 2.22 bits per heavy atom. The number of isocyanates is 1. The fourth-order valence-electron chi connectivity index (χ4n) is 1.33. The molecule has 1 rings (SSSR count). The minimum Gasteiger partial charge on any atom is -0.338 e. The van der Waals surface area contributed by atoms with E-state index >= 15 is 0 Å². The Balaban J connectivity index is 1.94. The van der Waals surface area contributed by atoms with Crippen molar-refractivity contribution in [3.8, 4) is 0 Å². The summed E-state index contributed by atoms with van der Waals surface area (Å²) in [5.41, 5.74) is 0. The van der Waals surface area contributed by atoms with Crippen LogP contribution in [0.25, 0.3) is 0 Å². The number of carbonyl (C=O) groups excluding carboxylic acids is 2. The molecular formula is C10H16N6O2. The molecule has 1 heterocycles. The molecule has 0 aliphatic rings. The summed E-state index contributed by atoms with van der Waals surface area (Å²) in [7, 11) is 0. The lowest BCUT2D eigenvalue weighted by Crippen LogP contribution is -2.29. The third kappa shape index (κ3) is 6.39. The van der Waals surface area contributed by atoms with Gasteiger partial charge in [-0.25, -0.2) is 19.7 Å². The molecule has 2 amide bonds. The molecule has 0 saturated carbocycles. The van der Waals surface area contributed by atoms with Crippen molar-refractivity contribution in [3.63, 3.8) is 0 Å². The first-order valence-electron chi connectivity index (χ1n) is 5.77. The van der Waals surface area contributed by atoms with Crippen molar-refractivity contribution in [2.24, 2.45) is 4.99 Å². The minimum atomic E-state index is -0.308. The molecule has 8 heteroatoms. The van der Waals surface area contributed by atoms with Crippen LogP contribution in [-0.4, -0.2) is 40.4 Å². The quantitative estimate of drug-likeness (QED) is 0.361. The monoisotopic (exact) mass is 252 g/mol. The smallest absolute Gasteiger partial charge is 0.321 e. The van der Waals surface area contributed by atoms with Crippen LogP contribution in [0.4, 0.5) is 10.7 Å². The Hall–Kier alpha value is -2.21. The second kappa shape index (κ2) is 8.89. The number of urea groups is 1. The SMILES string of the molecule is O=C=NCCCCCCNC(=O)Nc1ncn[nH]1. The molecule has 0 fully saturated rings. The molecule has 0 aliphatic heterocycles. The summed E-state index contributed by atoms with van der Waals surface area (Å²) in [5, 5.41) is 11.3. The van der Waals surface area contributed by atoms with E-state index in [2.05, 4.69) is 30.8 Å². The molecule has 18 heavy (non-hydrogen) atoms. The zero-order valence-corrected chi connectivity index (χ0v) is 9.98. The van der Waals surface area contributed by atoms with Crippen LogP contribution >= 0.6 is 0 Å². The maximum atomic E-state index is 11.3. The number of nitrogens with one attached hydrogen (secondary N) is 3. The highest BCUT2D eigenvalue weighted by Crippen LogP contribution is 1.99. The van der Waals surface area contributed by atoms with Gasteiger partial charge in [0, 0.05) is 6.54 Å². The van der Waals surface area contributed by atoms with Crippen LogP contribution < -0.4 is 10.6 Å². The van der Waals surface area contributed by atoms with E-state index in [1.807, 2.05) is 0 Å². The minimum absolute atomic E-state index is 0.308. The lowest BCUT2D eigenvalue weighted by atomic mass is 10.2. The van der Waals surface area contributed by atoms with Gasteiger partial charge >= 0.3 is 6.03 Å². The summed E-state index contributed by atoms with van der Waals surface area (Å²) in [6.07, 6.45) is 6.54. The van der Waals surface area contributed by atoms with E-state index in [4.69, 9.17) is 0 Å². The summed E-state index contributed by atoms with van der Waals surface area (Å²) in [4.78, 5) is 28.3. The second-order valence-corrected chi connectivity index (χ2v) is 3.60. The van der Waals surface area contributed by atoms with E-state index in [9.17, 15) is 9.59 Å². The maximum Gasteiger partial charge on any atom is 0.321 e. The molecule has 0 aromatic carbocycles. The molecule has 0 radical (unpaired) electrons. The number of anilines is 1. The van der Waals surface area contributed by atoms with E-state index < -0.39 is 0 Å². The number of unbranched alkanes of at least 4 members (excludes halogenated alkanes) is 3. The van der Waals surface area contributed by atoms with E-state index in [0.29, 0.717) is 19.0 Å². The van der Waals surface area contributed by atoms with Crippen molar-refractivity contribution in [2.75, 3.05) is 18.4 Å². The van der Waals surface area contributed by atoms with E-state index in [1.165, 1.54) is 12.4 Å². The van der Waals surface area contributed by atoms with Crippen LogP contribution in [0.1, 0.15) is 25.7 Å². The van der Waals surface area contributed by atoms with Gasteiger partial charge in [0.05, 0.1) is 6.54 Å². The summed E-state index contributed by atoms with van der Waals surface area (Å²) >= 11 is 0. The largest absolute Gasteiger partial charge is 0.338 e. The van der Waals surface area contributed by atoms with E-state index in [1.54, 1.807) is 0 Å². The van der Waals surface area contributed by atoms with Crippen LogP contribution in [0.15, 0.2) is 11.3 Å². The van der Waals surface area contributed by atoms with E-state index in [-0.39, 0.29) is 6.03 Å². The molecular weight excluding hydrogens is 236 g/mol. The number of rotatable bonds is 8. The predicted octanol–water partition coefficient (Wildman–Crippen LogP) is 0.822. The Bertz CT molecular complexity index is 385. The fraction of sp³-hybridized carbons (Fsp3) is 0.600. The van der Waals surface area contributed by atoms with Crippen LogP contribution in [-0.2, 0) is 4.79 Å². The van der Waals surface area contributed by atoms with Crippen molar-refractivity contribution in [1.82, 2.24) is 20.5 Å². The van der Waals surface area contributed by atoms with Gasteiger partial charge in [-0.15, -0.1) is 0 Å². The Labute approximate surface area is 104 Å². The van der Waals surface area contributed by atoms with Crippen LogP contribution in [0, 0.1) is 0 Å². The Morgan fingerprint density at radius 1 is 1.39 bits per heavy atom. The summed E-state index contributed by atoms with van der Waals surface area (Å²) in [5.74, 6) is 0.319. The van der Waals surface area contributed by atoms with Gasteiger partial charge in [0.15, 0.2) is 0 Å². The number of aromatic nitrogens is 3. The Morgan fingerprint density at radius 3 is 2.94 bits per heavy atom. The third-order valence-corrected chi connectivity index (χ3v) is 2.19. The van der Waals surface area contributed by atoms with Gasteiger partial charge in [-0.05, 0) is 12.8 Å². The van der Waals surface area contributed by atoms with Gasteiger partial charge in [0.25, 0.3) is 0 Å². The molecule has 8 nitrogen and oxygen atoms in total. The number of nitrogens with zero attached hydrogens (tertiary/aromatic N) is 3. The number of H-pyrrole nitrogens is 1. The summed E-state index contributed by atoms with van der Waals surface area (Å²) in [6.45, 7) is 1.12. The fourth-order valence-corrected chi connectivity index (χ4v) is 1.33. The first kappa shape index (κ1) is 13.9. The van der Waals surface area contributed by atoms with Gasteiger partial charge in [-0.2, -0.15) is 10.1 Å². The average molecular weight is 252 g/mol. The van der Waals surface area contributed by atoms with Gasteiger partial charge in [-0.1, -0.05) is 12.8 Å². The lowest BCUT2D eigenvalue weighted by Gasteiger charge is -2.04. The highest BCUT2D eigenvalue weighted by Gasteiger charge is 2.01. The molecule has 1 aromatic rings. The number of hydrogen-bond acceptors (Lipinski definition) is 5. The molecule has 0 bridgehead atoms. The Kier molecular flexibility index (Phi) is 6.84. The lowest BCUT2D eigenvalue weighted by molar-refractivity contribution is 0.251. The zero-order chi connectivity index (χ0) is 13.1. The molecule has 1 aromatic heterocycles. The van der Waals surface area contributed by atoms with Crippen LogP contribution in [0.3, 0.4) is 0 Å². The number of carbonyl (C=O) groups is 1. The van der Waals surface area contributed by atoms with Crippen LogP contribution in [0.2, 0.25) is 0 Å². The molecule has 3 N–H and O–H groups in total. The number of amides is 2. The third-order valence-electron chi connectivity index (χ3n) is 2.19. The number of aromatic amines is 1. The highest BCUT2D eigenvalue weighted by atomic mass is 16.2. The van der Waals surface area contributed by atoms with E-state index in [0.717, 1.165) is 25.7 Å². The molecule has 0 saturated heterocycles. The van der Waals surface area contributed by atoms with Gasteiger partial charge in [0.2, 0.25) is 12.0 Å². The number of hydrogen-bond donors (Lipinski definition) is 3. The van der Waals surface area contributed by atoms with Gasteiger partial charge in [-0.3, -0.25) is 5.32 Å². The molecule has 0 atom stereocenters. The summed E-state index contributed by atoms with van der Waals surface area (Å²) in [6, 6.07) is -0.308. The maximum absolute atomic E-state index is 11.3. The van der Waals surface area contributed by atoms with Crippen molar-refractivity contribution < 1.29 is 9.59 Å². The average Bonchev–Trinajstić information content (AvgIpc) is 2.85.